The van der Waals surface area contributed by atoms with Crippen molar-refractivity contribution in [2.75, 3.05) is 19.7 Å². The lowest BCUT2D eigenvalue weighted by Crippen LogP contribution is -2.59. The summed E-state index contributed by atoms with van der Waals surface area (Å²) in [6.45, 7) is 6.33. The fourth-order valence-electron chi connectivity index (χ4n) is 3.38. The van der Waals surface area contributed by atoms with Gasteiger partial charge in [-0.15, -0.1) is 0 Å². The smallest absolute Gasteiger partial charge is 0.410 e. The first kappa shape index (κ1) is 14.6. The number of halogens is 1. The Balaban J connectivity index is 1.94. The maximum Gasteiger partial charge on any atom is 0.410 e. The molecule has 19 heavy (non-hydrogen) atoms. The average Bonchev–Trinajstić information content (AvgIpc) is 2.25. The standard InChI is InChI=1S/C14H24FNO3/c1-12(2,3)19-11(18)16-6-4-5-13(9-16)7-14(15,8-13)10-17/h17H,4-10H2,1-3H3. The predicted molar refractivity (Wildman–Crippen MR) is 69.6 cm³/mol. The summed E-state index contributed by atoms with van der Waals surface area (Å²) in [5.41, 5.74) is -2.08. The molecule has 0 aromatic carbocycles. The number of carbonyl (C=O) groups is 1. The van der Waals surface area contributed by atoms with Crippen LogP contribution in [0.1, 0.15) is 46.5 Å². The number of alkyl halides is 1. The van der Waals surface area contributed by atoms with E-state index < -0.39 is 17.9 Å². The number of aliphatic hydroxyl groups is 1. The van der Waals surface area contributed by atoms with E-state index in [1.54, 1.807) is 4.90 Å². The van der Waals surface area contributed by atoms with E-state index in [0.717, 1.165) is 12.8 Å². The third-order valence-electron chi connectivity index (χ3n) is 3.98. The number of piperidine rings is 1. The summed E-state index contributed by atoms with van der Waals surface area (Å²) < 4.78 is 19.2. The molecule has 5 heteroatoms. The van der Waals surface area contributed by atoms with Gasteiger partial charge < -0.3 is 14.7 Å². The second-order valence-electron chi connectivity index (χ2n) is 7.17. The molecule has 0 unspecified atom stereocenters. The summed E-state index contributed by atoms with van der Waals surface area (Å²) >= 11 is 0. The summed E-state index contributed by atoms with van der Waals surface area (Å²) in [6, 6.07) is 0. The highest BCUT2D eigenvalue weighted by atomic mass is 19.1. The van der Waals surface area contributed by atoms with E-state index in [9.17, 15) is 9.18 Å². The molecule has 2 rings (SSSR count). The van der Waals surface area contributed by atoms with Gasteiger partial charge in [0.15, 0.2) is 0 Å². The monoisotopic (exact) mass is 273 g/mol. The van der Waals surface area contributed by atoms with E-state index in [0.29, 0.717) is 25.9 Å². The van der Waals surface area contributed by atoms with Gasteiger partial charge in [-0.3, -0.25) is 0 Å². The molecular formula is C14H24FNO3. The van der Waals surface area contributed by atoms with Crippen LogP contribution >= 0.6 is 0 Å². The lowest BCUT2D eigenvalue weighted by molar-refractivity contribution is -0.125. The highest BCUT2D eigenvalue weighted by Gasteiger charge is 2.56. The van der Waals surface area contributed by atoms with E-state index in [1.807, 2.05) is 20.8 Å². The number of likely N-dealkylation sites (tertiary alicyclic amines) is 1. The molecule has 1 aliphatic heterocycles. The van der Waals surface area contributed by atoms with Gasteiger partial charge in [0.2, 0.25) is 0 Å². The van der Waals surface area contributed by atoms with Gasteiger partial charge in [-0.2, -0.15) is 0 Å². The minimum Gasteiger partial charge on any atom is -0.444 e. The van der Waals surface area contributed by atoms with Crippen LogP contribution in [-0.2, 0) is 4.74 Å². The van der Waals surface area contributed by atoms with E-state index in [1.165, 1.54) is 0 Å². The van der Waals surface area contributed by atoms with Gasteiger partial charge in [0.1, 0.15) is 11.3 Å². The highest BCUT2D eigenvalue weighted by Crippen LogP contribution is 2.55. The Labute approximate surface area is 113 Å². The molecule has 1 aliphatic carbocycles. The predicted octanol–water partition coefficient (Wildman–Crippen LogP) is 2.50. The Morgan fingerprint density at radius 2 is 2.05 bits per heavy atom. The van der Waals surface area contributed by atoms with Crippen LogP contribution in [0.25, 0.3) is 0 Å². The molecule has 0 atom stereocenters. The third-order valence-corrected chi connectivity index (χ3v) is 3.98. The van der Waals surface area contributed by atoms with Gasteiger partial charge in [-0.05, 0) is 51.9 Å². The molecule has 1 saturated heterocycles. The molecule has 2 fully saturated rings. The van der Waals surface area contributed by atoms with Gasteiger partial charge in [0, 0.05) is 13.1 Å². The Morgan fingerprint density at radius 1 is 1.42 bits per heavy atom. The van der Waals surface area contributed by atoms with Gasteiger partial charge in [0.05, 0.1) is 6.61 Å². The van der Waals surface area contributed by atoms with Crippen molar-refractivity contribution < 1.29 is 19.0 Å². The van der Waals surface area contributed by atoms with Gasteiger partial charge in [-0.1, -0.05) is 0 Å². The van der Waals surface area contributed by atoms with Crippen LogP contribution in [0, 0.1) is 5.41 Å². The van der Waals surface area contributed by atoms with E-state index >= 15 is 0 Å². The number of amides is 1. The van der Waals surface area contributed by atoms with Crippen molar-refractivity contribution in [2.24, 2.45) is 5.41 Å². The molecule has 0 radical (unpaired) electrons. The quantitative estimate of drug-likeness (QED) is 0.798. The van der Waals surface area contributed by atoms with Gasteiger partial charge in [-0.25, -0.2) is 9.18 Å². The Kier molecular flexibility index (Phi) is 3.54. The zero-order valence-electron chi connectivity index (χ0n) is 12.0. The summed E-state index contributed by atoms with van der Waals surface area (Å²) in [5.74, 6) is 0. The van der Waals surface area contributed by atoms with Crippen LogP contribution in [-0.4, -0.2) is 47.1 Å². The van der Waals surface area contributed by atoms with Crippen LogP contribution in [0.2, 0.25) is 0 Å². The number of aliphatic hydroxyl groups excluding tert-OH is 1. The Hall–Kier alpha value is -0.840. The van der Waals surface area contributed by atoms with E-state index in [4.69, 9.17) is 9.84 Å². The molecule has 0 aromatic heterocycles. The fraction of sp³-hybridized carbons (Fsp3) is 0.929. The first-order chi connectivity index (χ1) is 8.67. The molecule has 1 heterocycles. The van der Waals surface area contributed by atoms with Crippen molar-refractivity contribution in [2.45, 2.75) is 57.7 Å². The number of rotatable bonds is 1. The van der Waals surface area contributed by atoms with Crippen molar-refractivity contribution in [1.82, 2.24) is 4.90 Å². The van der Waals surface area contributed by atoms with Crippen LogP contribution in [0.3, 0.4) is 0 Å². The summed E-state index contributed by atoms with van der Waals surface area (Å²) in [6.07, 6.45) is 2.21. The van der Waals surface area contributed by atoms with Crippen molar-refractivity contribution in [3.8, 4) is 0 Å². The number of nitrogens with zero attached hydrogens (tertiary/aromatic N) is 1. The first-order valence-corrected chi connectivity index (χ1v) is 6.95. The van der Waals surface area contributed by atoms with E-state index in [2.05, 4.69) is 0 Å². The lowest BCUT2D eigenvalue weighted by atomic mass is 9.57. The SMILES string of the molecule is CC(C)(C)OC(=O)N1CCCC2(C1)CC(F)(CO)C2. The average molecular weight is 273 g/mol. The van der Waals surface area contributed by atoms with Crippen LogP contribution in [0.4, 0.5) is 9.18 Å². The minimum absolute atomic E-state index is 0.146. The lowest BCUT2D eigenvalue weighted by Gasteiger charge is -2.55. The van der Waals surface area contributed by atoms with Crippen molar-refractivity contribution in [3.63, 3.8) is 0 Å². The maximum atomic E-state index is 13.9. The summed E-state index contributed by atoms with van der Waals surface area (Å²) in [7, 11) is 0. The third kappa shape index (κ3) is 3.19. The van der Waals surface area contributed by atoms with Crippen molar-refractivity contribution >= 4 is 6.09 Å². The molecule has 1 N–H and O–H groups in total. The van der Waals surface area contributed by atoms with Gasteiger partial charge in [0.25, 0.3) is 0 Å². The maximum absolute atomic E-state index is 13.9. The zero-order valence-corrected chi connectivity index (χ0v) is 12.0. The second-order valence-corrected chi connectivity index (χ2v) is 7.17. The number of ether oxygens (including phenoxy) is 1. The van der Waals surface area contributed by atoms with Crippen LogP contribution in [0.15, 0.2) is 0 Å². The Bertz CT molecular complexity index is 358. The molecule has 0 aromatic rings. The summed E-state index contributed by atoms with van der Waals surface area (Å²) in [5, 5.41) is 9.01. The molecule has 4 nitrogen and oxygen atoms in total. The fourth-order valence-corrected chi connectivity index (χ4v) is 3.38. The Morgan fingerprint density at radius 3 is 2.58 bits per heavy atom. The normalized spacial score (nSPS) is 35.1. The molecule has 1 amide bonds. The van der Waals surface area contributed by atoms with Gasteiger partial charge >= 0.3 is 6.09 Å². The van der Waals surface area contributed by atoms with Crippen LogP contribution in [0.5, 0.6) is 0 Å². The molecule has 1 spiro atoms. The minimum atomic E-state index is -1.43. The van der Waals surface area contributed by atoms with Crippen molar-refractivity contribution in [3.05, 3.63) is 0 Å². The molecule has 110 valence electrons. The summed E-state index contributed by atoms with van der Waals surface area (Å²) in [4.78, 5) is 13.7. The highest BCUT2D eigenvalue weighted by molar-refractivity contribution is 5.68. The topological polar surface area (TPSA) is 49.8 Å². The van der Waals surface area contributed by atoms with Crippen molar-refractivity contribution in [1.29, 1.82) is 0 Å². The molecule has 0 bridgehead atoms. The zero-order chi connectivity index (χ0) is 14.3. The largest absolute Gasteiger partial charge is 0.444 e. The molecule has 2 aliphatic rings. The number of hydrogen-bond donors (Lipinski definition) is 1. The molecular weight excluding hydrogens is 249 g/mol. The second kappa shape index (κ2) is 4.62. The van der Waals surface area contributed by atoms with Crippen LogP contribution < -0.4 is 0 Å². The molecule has 1 saturated carbocycles. The number of hydrogen-bond acceptors (Lipinski definition) is 3. The number of carbonyl (C=O) groups excluding carboxylic acids is 1. The first-order valence-electron chi connectivity index (χ1n) is 6.95. The van der Waals surface area contributed by atoms with E-state index in [-0.39, 0.29) is 11.5 Å².